The summed E-state index contributed by atoms with van der Waals surface area (Å²) < 4.78 is 5.82. The van der Waals surface area contributed by atoms with E-state index in [2.05, 4.69) is 5.32 Å². The average molecular weight is 372 g/mol. The molecule has 1 saturated carbocycles. The van der Waals surface area contributed by atoms with Gasteiger partial charge in [-0.1, -0.05) is 0 Å². The third-order valence-corrected chi connectivity index (χ3v) is 7.81. The predicted molar refractivity (Wildman–Crippen MR) is 94.2 cm³/mol. The second kappa shape index (κ2) is 5.16. The van der Waals surface area contributed by atoms with Crippen LogP contribution in [0.3, 0.4) is 0 Å². The number of thiophene rings is 1. The second-order valence-corrected chi connectivity index (χ2v) is 9.22. The van der Waals surface area contributed by atoms with Crippen molar-refractivity contribution in [2.24, 2.45) is 11.8 Å². The molecule has 26 heavy (non-hydrogen) atoms. The molecule has 0 radical (unpaired) electrons. The largest absolute Gasteiger partial charge is 0.373 e. The molecule has 1 aromatic rings. The van der Waals surface area contributed by atoms with E-state index < -0.39 is 0 Å². The first-order chi connectivity index (χ1) is 12.6. The Kier molecular flexibility index (Phi) is 3.05. The molecule has 4 fully saturated rings. The van der Waals surface area contributed by atoms with Gasteiger partial charge < -0.3 is 10.1 Å². The van der Waals surface area contributed by atoms with Crippen LogP contribution >= 0.6 is 11.3 Å². The maximum atomic E-state index is 13.1. The van der Waals surface area contributed by atoms with Crippen molar-refractivity contribution in [3.8, 4) is 0 Å². The Morgan fingerprint density at radius 2 is 1.73 bits per heavy atom. The number of carbonyl (C=O) groups is 3. The van der Waals surface area contributed by atoms with Crippen molar-refractivity contribution in [3.05, 3.63) is 16.0 Å². The summed E-state index contributed by atoms with van der Waals surface area (Å²) in [5.41, 5.74) is 1.64. The van der Waals surface area contributed by atoms with Crippen molar-refractivity contribution in [3.63, 3.8) is 0 Å². The van der Waals surface area contributed by atoms with Gasteiger partial charge in [0.05, 0.1) is 29.6 Å². The van der Waals surface area contributed by atoms with E-state index in [-0.39, 0.29) is 47.8 Å². The molecule has 1 N–H and O–H groups in total. The van der Waals surface area contributed by atoms with E-state index in [0.29, 0.717) is 10.6 Å². The summed E-state index contributed by atoms with van der Waals surface area (Å²) in [6, 6.07) is 0.251. The minimum absolute atomic E-state index is 0.112. The van der Waals surface area contributed by atoms with E-state index in [1.54, 1.807) is 0 Å². The molecule has 4 atom stereocenters. The van der Waals surface area contributed by atoms with E-state index >= 15 is 0 Å². The van der Waals surface area contributed by atoms with Gasteiger partial charge in [0.1, 0.15) is 5.00 Å². The normalized spacial score (nSPS) is 34.5. The Morgan fingerprint density at radius 3 is 2.38 bits per heavy atom. The zero-order chi connectivity index (χ0) is 17.6. The summed E-state index contributed by atoms with van der Waals surface area (Å²) in [5.74, 6) is -1.13. The first-order valence-corrected chi connectivity index (χ1v) is 10.4. The van der Waals surface area contributed by atoms with Crippen LogP contribution in [0.1, 0.15) is 52.9 Å². The zero-order valence-electron chi connectivity index (χ0n) is 14.3. The van der Waals surface area contributed by atoms with Crippen molar-refractivity contribution in [1.29, 1.82) is 0 Å². The third kappa shape index (κ3) is 1.93. The van der Waals surface area contributed by atoms with Crippen molar-refractivity contribution < 1.29 is 19.1 Å². The molecule has 0 aromatic carbocycles. The van der Waals surface area contributed by atoms with E-state index in [4.69, 9.17) is 4.74 Å². The third-order valence-electron chi connectivity index (χ3n) is 6.53. The number of aryl methyl sites for hydroxylation is 1. The van der Waals surface area contributed by atoms with Gasteiger partial charge in [0.25, 0.3) is 5.91 Å². The number of ether oxygens (including phenoxy) is 1. The van der Waals surface area contributed by atoms with Gasteiger partial charge in [-0.3, -0.25) is 14.4 Å². The fourth-order valence-electron chi connectivity index (χ4n) is 5.18. The number of nitrogens with one attached hydrogen (secondary N) is 1. The van der Waals surface area contributed by atoms with Crippen LogP contribution in [0.4, 0.5) is 5.00 Å². The summed E-state index contributed by atoms with van der Waals surface area (Å²) in [7, 11) is 0. The number of hydrogen-bond acceptors (Lipinski definition) is 5. The molecule has 7 heteroatoms. The summed E-state index contributed by atoms with van der Waals surface area (Å²) >= 11 is 1.47. The Hall–Kier alpha value is -1.73. The van der Waals surface area contributed by atoms with Crippen molar-refractivity contribution >= 4 is 34.1 Å². The van der Waals surface area contributed by atoms with Crippen LogP contribution in [-0.2, 0) is 27.2 Å². The van der Waals surface area contributed by atoms with Crippen LogP contribution in [0.2, 0.25) is 0 Å². The molecule has 4 heterocycles. The first kappa shape index (κ1) is 15.3. The van der Waals surface area contributed by atoms with E-state index in [9.17, 15) is 14.4 Å². The highest BCUT2D eigenvalue weighted by molar-refractivity contribution is 7.17. The van der Waals surface area contributed by atoms with Gasteiger partial charge in [0, 0.05) is 10.9 Å². The monoisotopic (exact) mass is 372 g/mol. The maximum Gasteiger partial charge on any atom is 0.254 e. The lowest BCUT2D eigenvalue weighted by Crippen LogP contribution is -2.36. The molecule has 3 amide bonds. The number of fused-ring (bicyclic) bond motifs is 6. The van der Waals surface area contributed by atoms with Crippen LogP contribution < -0.4 is 10.2 Å². The van der Waals surface area contributed by atoms with Crippen LogP contribution in [0, 0.1) is 11.8 Å². The number of nitrogens with zero attached hydrogens (tertiary/aromatic N) is 1. The average Bonchev–Trinajstić information content (AvgIpc) is 3.04. The number of carbonyl (C=O) groups excluding carboxylic acids is 3. The highest BCUT2D eigenvalue weighted by Gasteiger charge is 2.63. The van der Waals surface area contributed by atoms with Crippen LogP contribution in [-0.4, -0.2) is 36.0 Å². The quantitative estimate of drug-likeness (QED) is 0.821. The summed E-state index contributed by atoms with van der Waals surface area (Å²) in [6.07, 6.45) is 6.32. The summed E-state index contributed by atoms with van der Waals surface area (Å²) in [6.45, 7) is 0. The van der Waals surface area contributed by atoms with Gasteiger partial charge >= 0.3 is 0 Å². The minimum atomic E-state index is -0.350. The van der Waals surface area contributed by atoms with E-state index in [0.717, 1.165) is 55.4 Å². The molecule has 136 valence electrons. The van der Waals surface area contributed by atoms with Gasteiger partial charge in [0.15, 0.2) is 0 Å². The van der Waals surface area contributed by atoms with Crippen molar-refractivity contribution in [2.45, 2.75) is 63.2 Å². The van der Waals surface area contributed by atoms with Gasteiger partial charge in [0.2, 0.25) is 11.8 Å². The van der Waals surface area contributed by atoms with Gasteiger partial charge in [-0.05, 0) is 50.5 Å². The van der Waals surface area contributed by atoms with E-state index in [1.807, 2.05) is 0 Å². The zero-order valence-corrected chi connectivity index (χ0v) is 15.1. The lowest BCUT2D eigenvalue weighted by Gasteiger charge is -2.18. The molecule has 5 aliphatic rings. The molecule has 3 aliphatic heterocycles. The highest BCUT2D eigenvalue weighted by Crippen LogP contribution is 2.52. The van der Waals surface area contributed by atoms with Gasteiger partial charge in [-0.15, -0.1) is 11.3 Å². The number of amides is 3. The molecule has 6 nitrogen and oxygen atoms in total. The van der Waals surface area contributed by atoms with Crippen molar-refractivity contribution in [1.82, 2.24) is 5.32 Å². The minimum Gasteiger partial charge on any atom is -0.373 e. The number of hydrogen-bond donors (Lipinski definition) is 1. The molecule has 1 aromatic heterocycles. The summed E-state index contributed by atoms with van der Waals surface area (Å²) in [4.78, 5) is 41.7. The van der Waals surface area contributed by atoms with E-state index in [1.165, 1.54) is 16.2 Å². The highest BCUT2D eigenvalue weighted by atomic mass is 32.1. The molecule has 3 saturated heterocycles. The first-order valence-electron chi connectivity index (χ1n) is 9.62. The Labute approximate surface area is 154 Å². The van der Waals surface area contributed by atoms with Gasteiger partial charge in [-0.2, -0.15) is 0 Å². The Balaban J connectivity index is 1.43. The van der Waals surface area contributed by atoms with Gasteiger partial charge in [-0.25, -0.2) is 4.90 Å². The topological polar surface area (TPSA) is 75.7 Å². The maximum absolute atomic E-state index is 13.1. The number of rotatable bonds is 3. The lowest BCUT2D eigenvalue weighted by atomic mass is 9.81. The predicted octanol–water partition coefficient (Wildman–Crippen LogP) is 1.80. The lowest BCUT2D eigenvalue weighted by molar-refractivity contribution is -0.124. The molecular weight excluding hydrogens is 352 g/mol. The smallest absolute Gasteiger partial charge is 0.254 e. The molecule has 6 rings (SSSR count). The molecule has 0 unspecified atom stereocenters. The fourth-order valence-corrected chi connectivity index (χ4v) is 6.58. The van der Waals surface area contributed by atoms with Crippen LogP contribution in [0.25, 0.3) is 0 Å². The second-order valence-electron chi connectivity index (χ2n) is 8.14. The Bertz CT molecular complexity index is 830. The fraction of sp³-hybridized carbons (Fsp3) is 0.632. The molecular formula is C19H20N2O4S. The summed E-state index contributed by atoms with van der Waals surface area (Å²) in [5, 5.41) is 3.62. The Morgan fingerprint density at radius 1 is 1.04 bits per heavy atom. The molecule has 0 spiro atoms. The number of imide groups is 1. The van der Waals surface area contributed by atoms with Crippen LogP contribution in [0.15, 0.2) is 0 Å². The standard InChI is InChI=1S/C19H20N2O4S/c22-16(20-8-4-5-8)13-9-2-1-3-12(9)26-19(13)21-17(23)14-10-6-7-11(25-10)15(14)18(21)24/h8,10-11,14-15H,1-7H2,(H,20,22)/t10-,11-,14+,15+/m1/s1. The molecule has 2 bridgehead atoms. The van der Waals surface area contributed by atoms with Crippen LogP contribution in [0.5, 0.6) is 0 Å². The van der Waals surface area contributed by atoms with Crippen molar-refractivity contribution in [2.75, 3.05) is 4.90 Å². The molecule has 2 aliphatic carbocycles. The SMILES string of the molecule is O=C(NC1CC1)c1c(N2C(=O)[C@@H]3[C@@H](C2=O)[C@H]2CC[C@H]3O2)sc2c1CCC2. The number of anilines is 1.